The molecule has 0 spiro atoms. The summed E-state index contributed by atoms with van der Waals surface area (Å²) in [5, 5.41) is 11.9. The first-order valence-corrected chi connectivity index (χ1v) is 6.85. The summed E-state index contributed by atoms with van der Waals surface area (Å²) in [6.45, 7) is 2.63. The average molecular weight is 297 g/mol. The number of alkyl halides is 3. The van der Waals surface area contributed by atoms with Crippen molar-refractivity contribution in [2.45, 2.75) is 26.1 Å². The molecule has 1 N–H and O–H groups in total. The highest BCUT2D eigenvalue weighted by molar-refractivity contribution is 5.89. The maximum absolute atomic E-state index is 12.6. The number of fused-ring (bicyclic) bond motifs is 1. The van der Waals surface area contributed by atoms with Gasteiger partial charge in [-0.05, 0) is 18.9 Å². The smallest absolute Gasteiger partial charge is 0.401 e. The molecule has 2 aromatic carbocycles. The monoisotopic (exact) mass is 297 g/mol. The Labute approximate surface area is 121 Å². The first kappa shape index (κ1) is 15.6. The third kappa shape index (κ3) is 3.47. The van der Waals surface area contributed by atoms with E-state index in [9.17, 15) is 18.3 Å². The Bertz CT molecular complexity index is 624. The van der Waals surface area contributed by atoms with Crippen LogP contribution < -0.4 is 0 Å². The summed E-state index contributed by atoms with van der Waals surface area (Å²) in [6, 6.07) is 10.3. The minimum atomic E-state index is -4.25. The normalized spacial score (nSPS) is 13.8. The first-order chi connectivity index (χ1) is 9.83. The maximum atomic E-state index is 12.6. The first-order valence-electron chi connectivity index (χ1n) is 6.85. The molecule has 21 heavy (non-hydrogen) atoms. The number of hydrogen-bond donors (Lipinski definition) is 1. The van der Waals surface area contributed by atoms with Crippen molar-refractivity contribution in [2.75, 3.05) is 13.1 Å². The van der Waals surface area contributed by atoms with Gasteiger partial charge in [-0.2, -0.15) is 13.2 Å². The van der Waals surface area contributed by atoms with Gasteiger partial charge < -0.3 is 5.11 Å². The van der Waals surface area contributed by atoms with Crippen molar-refractivity contribution in [3.8, 4) is 5.75 Å². The molecule has 1 atom stereocenters. The van der Waals surface area contributed by atoms with Gasteiger partial charge in [-0.25, -0.2) is 0 Å². The molecule has 0 saturated carbocycles. The van der Waals surface area contributed by atoms with E-state index in [0.717, 1.165) is 5.39 Å². The molecule has 0 bridgehead atoms. The van der Waals surface area contributed by atoms with Crippen LogP contribution >= 0.6 is 0 Å². The van der Waals surface area contributed by atoms with Crippen LogP contribution in [-0.4, -0.2) is 29.3 Å². The summed E-state index contributed by atoms with van der Waals surface area (Å²) in [5.74, 6) is 0.0567. The van der Waals surface area contributed by atoms with Gasteiger partial charge in [-0.15, -0.1) is 0 Å². The van der Waals surface area contributed by atoms with Gasteiger partial charge in [-0.3, -0.25) is 4.90 Å². The molecule has 2 aromatic rings. The third-order valence-electron chi connectivity index (χ3n) is 3.72. The van der Waals surface area contributed by atoms with E-state index in [1.807, 2.05) is 18.2 Å². The van der Waals surface area contributed by atoms with Crippen molar-refractivity contribution in [1.82, 2.24) is 4.90 Å². The van der Waals surface area contributed by atoms with Crippen LogP contribution in [0.25, 0.3) is 10.8 Å². The summed E-state index contributed by atoms with van der Waals surface area (Å²) in [7, 11) is 0. The fourth-order valence-electron chi connectivity index (χ4n) is 2.56. The zero-order chi connectivity index (χ0) is 15.6. The van der Waals surface area contributed by atoms with Gasteiger partial charge in [0.15, 0.2) is 0 Å². The number of phenols is 1. The molecule has 0 aromatic heterocycles. The van der Waals surface area contributed by atoms with E-state index in [1.54, 1.807) is 32.0 Å². The lowest BCUT2D eigenvalue weighted by molar-refractivity contribution is -0.150. The van der Waals surface area contributed by atoms with Gasteiger partial charge in [0.2, 0.25) is 0 Å². The highest BCUT2D eigenvalue weighted by atomic mass is 19.4. The summed E-state index contributed by atoms with van der Waals surface area (Å²) in [5.41, 5.74) is 0.514. The van der Waals surface area contributed by atoms with Crippen LogP contribution in [0.3, 0.4) is 0 Å². The second-order valence-electron chi connectivity index (χ2n) is 5.08. The fraction of sp³-hybridized carbons (Fsp3) is 0.375. The number of rotatable bonds is 4. The molecule has 2 nitrogen and oxygen atoms in total. The van der Waals surface area contributed by atoms with Gasteiger partial charge in [0.05, 0.1) is 6.54 Å². The van der Waals surface area contributed by atoms with Crippen LogP contribution in [0.1, 0.15) is 25.5 Å². The molecule has 0 saturated heterocycles. The minimum absolute atomic E-state index is 0.0567. The van der Waals surface area contributed by atoms with Crippen molar-refractivity contribution in [3.05, 3.63) is 42.0 Å². The largest absolute Gasteiger partial charge is 0.507 e. The lowest BCUT2D eigenvalue weighted by Crippen LogP contribution is -2.36. The summed E-state index contributed by atoms with van der Waals surface area (Å²) < 4.78 is 37.9. The van der Waals surface area contributed by atoms with Crippen LogP contribution in [0.15, 0.2) is 36.4 Å². The Morgan fingerprint density at radius 1 is 1.14 bits per heavy atom. The van der Waals surface area contributed by atoms with E-state index < -0.39 is 18.8 Å². The van der Waals surface area contributed by atoms with Crippen molar-refractivity contribution < 1.29 is 18.3 Å². The highest BCUT2D eigenvalue weighted by Crippen LogP contribution is 2.35. The Morgan fingerprint density at radius 3 is 2.43 bits per heavy atom. The summed E-state index contributed by atoms with van der Waals surface area (Å²) in [6.07, 6.45) is -4.25. The molecular formula is C16H18F3NO. The number of aromatic hydroxyl groups is 1. The van der Waals surface area contributed by atoms with Gasteiger partial charge in [-0.1, -0.05) is 43.3 Å². The topological polar surface area (TPSA) is 23.5 Å². The Hall–Kier alpha value is -1.75. The molecule has 0 amide bonds. The second-order valence-corrected chi connectivity index (χ2v) is 5.08. The van der Waals surface area contributed by atoms with E-state index in [1.165, 1.54) is 4.90 Å². The molecular weight excluding hydrogens is 279 g/mol. The van der Waals surface area contributed by atoms with E-state index in [4.69, 9.17) is 0 Å². The molecule has 5 heteroatoms. The number of nitrogens with zero attached hydrogens (tertiary/aromatic N) is 1. The van der Waals surface area contributed by atoms with E-state index >= 15 is 0 Å². The molecule has 0 aliphatic heterocycles. The Kier molecular flexibility index (Phi) is 4.42. The molecule has 0 aliphatic rings. The van der Waals surface area contributed by atoms with E-state index in [2.05, 4.69) is 0 Å². The number of benzene rings is 2. The number of halogens is 3. The molecule has 1 unspecified atom stereocenters. The van der Waals surface area contributed by atoms with Crippen molar-refractivity contribution in [1.29, 1.82) is 0 Å². The minimum Gasteiger partial charge on any atom is -0.507 e. The molecule has 0 radical (unpaired) electrons. The third-order valence-corrected chi connectivity index (χ3v) is 3.72. The molecule has 0 fully saturated rings. The molecule has 0 heterocycles. The van der Waals surface area contributed by atoms with Crippen LogP contribution in [0.2, 0.25) is 0 Å². The SMILES string of the molecule is CCN(CC(F)(F)F)C(C)c1ccc2ccccc2c1O. The van der Waals surface area contributed by atoms with E-state index in [-0.39, 0.29) is 12.3 Å². The summed E-state index contributed by atoms with van der Waals surface area (Å²) in [4.78, 5) is 1.30. The van der Waals surface area contributed by atoms with Crippen LogP contribution in [0, 0.1) is 0 Å². The van der Waals surface area contributed by atoms with Crippen molar-refractivity contribution >= 4 is 10.8 Å². The summed E-state index contributed by atoms with van der Waals surface area (Å²) >= 11 is 0. The van der Waals surface area contributed by atoms with Crippen LogP contribution in [-0.2, 0) is 0 Å². The number of phenolic OH excluding ortho intramolecular Hbond substituents is 1. The maximum Gasteiger partial charge on any atom is 0.401 e. The lowest BCUT2D eigenvalue weighted by atomic mass is 10.00. The van der Waals surface area contributed by atoms with Crippen molar-refractivity contribution in [2.24, 2.45) is 0 Å². The van der Waals surface area contributed by atoms with Gasteiger partial charge in [0.25, 0.3) is 0 Å². The zero-order valence-corrected chi connectivity index (χ0v) is 12.0. The Morgan fingerprint density at radius 2 is 1.81 bits per heavy atom. The van der Waals surface area contributed by atoms with Crippen LogP contribution in [0.4, 0.5) is 13.2 Å². The number of hydrogen-bond acceptors (Lipinski definition) is 2. The highest BCUT2D eigenvalue weighted by Gasteiger charge is 2.33. The second kappa shape index (κ2) is 5.93. The quantitative estimate of drug-likeness (QED) is 0.898. The lowest BCUT2D eigenvalue weighted by Gasteiger charge is -2.29. The molecule has 0 aliphatic carbocycles. The average Bonchev–Trinajstić information content (AvgIpc) is 2.44. The van der Waals surface area contributed by atoms with Crippen LogP contribution in [0.5, 0.6) is 5.75 Å². The van der Waals surface area contributed by atoms with E-state index in [0.29, 0.717) is 10.9 Å². The molecule has 114 valence electrons. The predicted octanol–water partition coefficient (Wildman–Crippen LogP) is 4.49. The van der Waals surface area contributed by atoms with Crippen molar-refractivity contribution in [3.63, 3.8) is 0 Å². The predicted molar refractivity (Wildman–Crippen MR) is 77.3 cm³/mol. The molecule has 2 rings (SSSR count). The Balaban J connectivity index is 2.38. The van der Waals surface area contributed by atoms with Gasteiger partial charge in [0, 0.05) is 17.0 Å². The van der Waals surface area contributed by atoms with Gasteiger partial charge >= 0.3 is 6.18 Å². The zero-order valence-electron chi connectivity index (χ0n) is 12.0. The standard InChI is InChI=1S/C16H18F3NO/c1-3-20(10-16(17,18)19)11(2)13-9-8-12-6-4-5-7-14(12)15(13)21/h4-9,11,21H,3,10H2,1-2H3. The van der Waals surface area contributed by atoms with Gasteiger partial charge in [0.1, 0.15) is 5.75 Å². The fourth-order valence-corrected chi connectivity index (χ4v) is 2.56.